The van der Waals surface area contributed by atoms with Gasteiger partial charge in [-0.25, -0.2) is 9.59 Å². The van der Waals surface area contributed by atoms with Gasteiger partial charge in [-0.2, -0.15) is 0 Å². The fourth-order valence-electron chi connectivity index (χ4n) is 3.45. The lowest BCUT2D eigenvalue weighted by Crippen LogP contribution is -2.11. The number of fused-ring (bicyclic) bond motifs is 1. The van der Waals surface area contributed by atoms with Gasteiger partial charge in [-0.1, -0.05) is 72.9 Å². The first-order chi connectivity index (χ1) is 16.4. The van der Waals surface area contributed by atoms with Crippen LogP contribution in [0.1, 0.15) is 51.2 Å². The van der Waals surface area contributed by atoms with Crippen LogP contribution < -0.4 is 0 Å². The summed E-state index contributed by atoms with van der Waals surface area (Å²) in [5, 5.41) is 0.270. The van der Waals surface area contributed by atoms with Gasteiger partial charge in [-0.3, -0.25) is 9.59 Å². The fourth-order valence-corrected chi connectivity index (χ4v) is 6.35. The van der Waals surface area contributed by atoms with E-state index in [0.29, 0.717) is 11.1 Å². The van der Waals surface area contributed by atoms with Crippen LogP contribution in [-0.4, -0.2) is 37.7 Å². The average Bonchev–Trinajstić information content (AvgIpc) is 3.28. The summed E-state index contributed by atoms with van der Waals surface area (Å²) in [5.41, 5.74) is 0.754. The Balaban J connectivity index is 2.13. The van der Waals surface area contributed by atoms with E-state index in [1.165, 1.54) is 14.2 Å². The van der Waals surface area contributed by atoms with Gasteiger partial charge < -0.3 is 9.47 Å². The molecule has 4 aromatic rings. The molecule has 0 N–H and O–H groups in total. The van der Waals surface area contributed by atoms with Crippen LogP contribution in [0.5, 0.6) is 0 Å². The highest BCUT2D eigenvalue weighted by molar-refractivity contribution is 7.74. The molecule has 0 aliphatic carbocycles. The molecule has 0 fully saturated rings. The Morgan fingerprint density at radius 3 is 1.74 bits per heavy atom. The normalized spacial score (nSPS) is 10.6. The van der Waals surface area contributed by atoms with Crippen LogP contribution in [0.4, 0.5) is 0 Å². The molecule has 4 rings (SSSR count). The SMILES string of the molecule is COC(=O)c1sc(=S)c2c(C(=O)c3ccccc3)c(C(=O)c3ccccc3)sc2c1C(=O)OC. The predicted octanol–water partition coefficient (Wildman–Crippen LogP) is 5.73. The summed E-state index contributed by atoms with van der Waals surface area (Å²) in [6.07, 6.45) is 0. The Morgan fingerprint density at radius 2 is 1.21 bits per heavy atom. The molecule has 2 aromatic heterocycles. The van der Waals surface area contributed by atoms with Gasteiger partial charge in [0.2, 0.25) is 5.78 Å². The molecule has 0 bridgehead atoms. The molecule has 0 spiro atoms. The lowest BCUT2D eigenvalue weighted by Gasteiger charge is -2.08. The van der Waals surface area contributed by atoms with Crippen molar-refractivity contribution in [3.8, 4) is 0 Å². The van der Waals surface area contributed by atoms with E-state index in [0.717, 1.165) is 22.7 Å². The number of carbonyl (C=O) groups excluding carboxylic acids is 4. The van der Waals surface area contributed by atoms with Gasteiger partial charge in [0.1, 0.15) is 14.3 Å². The monoisotopic (exact) mass is 508 g/mol. The number of ether oxygens (including phenoxy) is 2. The van der Waals surface area contributed by atoms with Crippen LogP contribution in [0.2, 0.25) is 0 Å². The number of hydrogen-bond acceptors (Lipinski definition) is 9. The maximum atomic E-state index is 13.7. The van der Waals surface area contributed by atoms with Gasteiger partial charge in [0.25, 0.3) is 0 Å². The highest BCUT2D eigenvalue weighted by atomic mass is 32.1. The Labute approximate surface area is 207 Å². The van der Waals surface area contributed by atoms with E-state index in [9.17, 15) is 19.2 Å². The molecule has 0 unspecified atom stereocenters. The molecular formula is C25H16O6S3. The minimum Gasteiger partial charge on any atom is -0.465 e. The predicted molar refractivity (Wildman–Crippen MR) is 133 cm³/mol. The average molecular weight is 509 g/mol. The van der Waals surface area contributed by atoms with E-state index in [1.54, 1.807) is 60.7 Å². The first-order valence-electron chi connectivity index (χ1n) is 9.88. The van der Waals surface area contributed by atoms with Crippen LogP contribution >= 0.6 is 34.9 Å². The number of hydrogen-bond donors (Lipinski definition) is 0. The van der Waals surface area contributed by atoms with Gasteiger partial charge in [0, 0.05) is 16.5 Å². The number of carbonyl (C=O) groups is 4. The van der Waals surface area contributed by atoms with Crippen LogP contribution in [0.15, 0.2) is 60.7 Å². The minimum atomic E-state index is -0.796. The van der Waals surface area contributed by atoms with Crippen LogP contribution in [-0.2, 0) is 9.47 Å². The molecule has 2 heterocycles. The van der Waals surface area contributed by atoms with Crippen molar-refractivity contribution in [3.63, 3.8) is 0 Å². The van der Waals surface area contributed by atoms with E-state index in [2.05, 4.69) is 0 Å². The van der Waals surface area contributed by atoms with E-state index in [4.69, 9.17) is 21.7 Å². The van der Waals surface area contributed by atoms with Crippen molar-refractivity contribution in [1.82, 2.24) is 0 Å². The smallest absolute Gasteiger partial charge is 0.349 e. The highest BCUT2D eigenvalue weighted by Gasteiger charge is 2.32. The third-order valence-corrected chi connectivity index (χ3v) is 7.65. The maximum Gasteiger partial charge on any atom is 0.349 e. The third-order valence-electron chi connectivity index (χ3n) is 5.03. The minimum absolute atomic E-state index is 0.0504. The zero-order valence-electron chi connectivity index (χ0n) is 17.9. The molecule has 0 atom stereocenters. The van der Waals surface area contributed by atoms with Crippen molar-refractivity contribution in [2.45, 2.75) is 0 Å². The van der Waals surface area contributed by atoms with Crippen molar-refractivity contribution in [2.24, 2.45) is 0 Å². The van der Waals surface area contributed by atoms with Gasteiger partial charge >= 0.3 is 11.9 Å². The molecule has 0 radical (unpaired) electrons. The molecule has 9 heteroatoms. The fraction of sp³-hybridized carbons (Fsp3) is 0.0800. The van der Waals surface area contributed by atoms with Crippen LogP contribution in [0.25, 0.3) is 10.1 Å². The summed E-state index contributed by atoms with van der Waals surface area (Å²) in [7, 11) is 2.37. The van der Waals surface area contributed by atoms with Crippen molar-refractivity contribution in [1.29, 1.82) is 0 Å². The van der Waals surface area contributed by atoms with Crippen molar-refractivity contribution >= 4 is 68.5 Å². The molecular weight excluding hydrogens is 492 g/mol. The first kappa shape index (κ1) is 23.6. The number of thiophene rings is 1. The summed E-state index contributed by atoms with van der Waals surface area (Å²) in [6.45, 7) is 0. The topological polar surface area (TPSA) is 86.7 Å². The summed E-state index contributed by atoms with van der Waals surface area (Å²) in [6, 6.07) is 17.0. The van der Waals surface area contributed by atoms with E-state index < -0.39 is 23.5 Å². The second-order valence-electron chi connectivity index (χ2n) is 6.98. The molecule has 0 saturated heterocycles. The number of esters is 2. The number of benzene rings is 2. The van der Waals surface area contributed by atoms with Gasteiger partial charge in [0.05, 0.1) is 29.4 Å². The second-order valence-corrected chi connectivity index (χ2v) is 9.69. The number of ketones is 2. The second kappa shape index (κ2) is 9.76. The molecule has 0 saturated carbocycles. The number of rotatable bonds is 6. The summed E-state index contributed by atoms with van der Waals surface area (Å²) in [4.78, 5) is 52.5. The summed E-state index contributed by atoms with van der Waals surface area (Å²) < 4.78 is 10.2. The third kappa shape index (κ3) is 4.09. The lowest BCUT2D eigenvalue weighted by molar-refractivity contribution is 0.0561. The highest BCUT2D eigenvalue weighted by Crippen LogP contribution is 2.41. The molecule has 0 aliphatic rings. The molecule has 2 aromatic carbocycles. The van der Waals surface area contributed by atoms with E-state index in [1.807, 2.05) is 0 Å². The molecule has 34 heavy (non-hydrogen) atoms. The zero-order chi connectivity index (χ0) is 24.4. The molecule has 0 amide bonds. The van der Waals surface area contributed by atoms with Gasteiger partial charge in [-0.05, 0) is 0 Å². The van der Waals surface area contributed by atoms with E-state index >= 15 is 0 Å². The van der Waals surface area contributed by atoms with Crippen molar-refractivity contribution in [2.75, 3.05) is 14.2 Å². The summed E-state index contributed by atoms with van der Waals surface area (Å²) >= 11 is 7.34. The Morgan fingerprint density at radius 1 is 0.676 bits per heavy atom. The molecule has 6 nitrogen and oxygen atoms in total. The van der Waals surface area contributed by atoms with Gasteiger partial charge in [-0.15, -0.1) is 22.7 Å². The Hall–Kier alpha value is -3.53. The number of methoxy groups -OCH3 is 2. The largest absolute Gasteiger partial charge is 0.465 e. The zero-order valence-corrected chi connectivity index (χ0v) is 20.4. The maximum absolute atomic E-state index is 13.7. The van der Waals surface area contributed by atoms with Crippen molar-refractivity contribution < 1.29 is 28.7 Å². The van der Waals surface area contributed by atoms with Crippen LogP contribution in [0.3, 0.4) is 0 Å². The Bertz CT molecular complexity index is 1500. The quantitative estimate of drug-likeness (QED) is 0.187. The Kier molecular flexibility index (Phi) is 6.78. The van der Waals surface area contributed by atoms with Gasteiger partial charge in [0.15, 0.2) is 5.78 Å². The van der Waals surface area contributed by atoms with Crippen LogP contribution in [0, 0.1) is 3.82 Å². The standard InChI is InChI=1S/C25H16O6S3/c1-30-23(28)17-20-16(25(32)34-22(17)24(29)31-2)15(18(26)13-9-5-3-6-10-13)21(33-20)19(27)14-11-7-4-8-12-14/h3-12H,1-2H3. The molecule has 170 valence electrons. The first-order valence-corrected chi connectivity index (χ1v) is 11.9. The van der Waals surface area contributed by atoms with Crippen molar-refractivity contribution in [3.05, 3.63) is 96.5 Å². The summed E-state index contributed by atoms with van der Waals surface area (Å²) in [5.74, 6) is -2.36. The molecule has 0 aliphatic heterocycles. The van der Waals surface area contributed by atoms with E-state index in [-0.39, 0.29) is 34.8 Å². The lowest BCUT2D eigenvalue weighted by atomic mass is 9.97.